The Bertz CT molecular complexity index is 645. The quantitative estimate of drug-likeness (QED) is 0.348. The van der Waals surface area contributed by atoms with Crippen LogP contribution in [-0.4, -0.2) is 41.1 Å². The van der Waals surface area contributed by atoms with Gasteiger partial charge in [-0.1, -0.05) is 6.42 Å². The molecule has 3 saturated heterocycles. The highest BCUT2D eigenvalue weighted by atomic mass is 28.4. The van der Waals surface area contributed by atoms with Crippen molar-refractivity contribution in [1.29, 1.82) is 0 Å². The van der Waals surface area contributed by atoms with Crippen molar-refractivity contribution in [3.05, 3.63) is 0 Å². The lowest BCUT2D eigenvalue weighted by Gasteiger charge is -2.54. The summed E-state index contributed by atoms with van der Waals surface area (Å²) in [6.07, 6.45) is 15.4. The van der Waals surface area contributed by atoms with Gasteiger partial charge in [0, 0.05) is 6.42 Å². The molecule has 6 bridgehead atoms. The average Bonchev–Trinajstić information content (AvgIpc) is 3.32. The van der Waals surface area contributed by atoms with E-state index in [-0.39, 0.29) is 0 Å². The maximum atomic E-state index is 7.07. The zero-order valence-corrected chi connectivity index (χ0v) is 21.1. The molecule has 0 aromatic rings. The van der Waals surface area contributed by atoms with Gasteiger partial charge in [-0.3, -0.25) is 0 Å². The summed E-state index contributed by atoms with van der Waals surface area (Å²) in [6, 6.07) is 2.71. The number of hydrogen-bond donors (Lipinski definition) is 0. The van der Waals surface area contributed by atoms with Gasteiger partial charge in [-0.15, -0.1) is 0 Å². The smallest absolute Gasteiger partial charge is 0.173 e. The molecule has 7 fully saturated rings. The summed E-state index contributed by atoms with van der Waals surface area (Å²) in [7, 11) is -3.17. The van der Waals surface area contributed by atoms with E-state index in [0.717, 1.165) is 23.7 Å². The molecule has 7 rings (SSSR count). The lowest BCUT2D eigenvalue weighted by Crippen LogP contribution is -2.55. The number of epoxide rings is 1. The molecule has 0 amide bonds. The fraction of sp³-hybridized carbons (Fsp3) is 1.00. The van der Waals surface area contributed by atoms with Crippen LogP contribution in [-0.2, 0) is 13.6 Å². The molecule has 7 aliphatic rings. The first kappa shape index (κ1) is 20.0. The maximum Gasteiger partial charge on any atom is 0.173 e. The third kappa shape index (κ3) is 3.55. The van der Waals surface area contributed by atoms with Crippen LogP contribution in [0.15, 0.2) is 0 Å². The molecule has 3 aliphatic heterocycles. The summed E-state index contributed by atoms with van der Waals surface area (Å²) in [6.45, 7) is 10.0. The Labute approximate surface area is 179 Å². The van der Waals surface area contributed by atoms with Crippen LogP contribution in [0.1, 0.15) is 57.8 Å². The van der Waals surface area contributed by atoms with E-state index in [9.17, 15) is 0 Å². The number of rotatable bonds is 8. The zero-order chi connectivity index (χ0) is 20.0. The predicted molar refractivity (Wildman–Crippen MR) is 121 cm³/mol. The summed E-state index contributed by atoms with van der Waals surface area (Å²) in [4.78, 5) is 0. The van der Waals surface area contributed by atoms with E-state index < -0.39 is 16.6 Å². The molecule has 4 aliphatic carbocycles. The van der Waals surface area contributed by atoms with Crippen LogP contribution in [0.2, 0.25) is 38.3 Å². The third-order valence-corrected chi connectivity index (χ3v) is 17.3. The van der Waals surface area contributed by atoms with Crippen molar-refractivity contribution < 1.29 is 13.6 Å². The van der Waals surface area contributed by atoms with E-state index in [2.05, 4.69) is 26.2 Å². The van der Waals surface area contributed by atoms with Crippen LogP contribution in [0.4, 0.5) is 0 Å². The fourth-order valence-electron chi connectivity index (χ4n) is 8.46. The third-order valence-electron chi connectivity index (χ3n) is 9.98. The van der Waals surface area contributed by atoms with Gasteiger partial charge in [-0.25, -0.2) is 0 Å². The van der Waals surface area contributed by atoms with Crippen molar-refractivity contribution in [2.75, 3.05) is 0 Å². The molecule has 8 unspecified atom stereocenters. The highest BCUT2D eigenvalue weighted by Crippen LogP contribution is 2.62. The maximum absolute atomic E-state index is 7.07. The lowest BCUT2D eigenvalue weighted by molar-refractivity contribution is -0.227. The van der Waals surface area contributed by atoms with Crippen LogP contribution in [0.25, 0.3) is 0 Å². The minimum atomic E-state index is -1.60. The second kappa shape index (κ2) is 6.66. The molecule has 0 spiro atoms. The first-order chi connectivity index (χ1) is 13.7. The van der Waals surface area contributed by atoms with Crippen molar-refractivity contribution in [2.45, 2.75) is 120 Å². The Morgan fingerprint density at radius 1 is 0.862 bits per heavy atom. The molecular formula is C24H42O3Si2. The molecule has 0 N–H and O–H groups in total. The van der Waals surface area contributed by atoms with E-state index in [1.54, 1.807) is 0 Å². The molecule has 29 heavy (non-hydrogen) atoms. The van der Waals surface area contributed by atoms with Gasteiger partial charge in [0.1, 0.15) is 0 Å². The summed E-state index contributed by atoms with van der Waals surface area (Å²) < 4.78 is 19.2. The Morgan fingerprint density at radius 2 is 1.55 bits per heavy atom. The van der Waals surface area contributed by atoms with Crippen molar-refractivity contribution in [1.82, 2.24) is 0 Å². The van der Waals surface area contributed by atoms with Crippen LogP contribution in [0.3, 0.4) is 0 Å². The molecule has 3 nitrogen and oxygen atoms in total. The Hall–Kier alpha value is 0.314. The molecule has 0 aromatic heterocycles. The van der Waals surface area contributed by atoms with Crippen molar-refractivity contribution in [3.8, 4) is 0 Å². The number of ether oxygens (including phenoxy) is 2. The van der Waals surface area contributed by atoms with Crippen LogP contribution >= 0.6 is 0 Å². The SMILES string of the molecule is C[Si](C)(CCC1CC2CC(C1)C1OC21)O[Si](C)(C)CCC12CCC(C1)C1CC2O1. The van der Waals surface area contributed by atoms with E-state index in [4.69, 9.17) is 13.6 Å². The van der Waals surface area contributed by atoms with E-state index in [1.807, 2.05) is 0 Å². The molecule has 3 heterocycles. The van der Waals surface area contributed by atoms with E-state index >= 15 is 0 Å². The van der Waals surface area contributed by atoms with E-state index in [0.29, 0.717) is 29.8 Å². The molecular weight excluding hydrogens is 392 g/mol. The first-order valence-electron chi connectivity index (χ1n) is 12.7. The second-order valence-corrected chi connectivity index (χ2v) is 21.9. The first-order valence-corrected chi connectivity index (χ1v) is 19.0. The average molecular weight is 435 g/mol. The van der Waals surface area contributed by atoms with Gasteiger partial charge >= 0.3 is 0 Å². The molecule has 4 saturated carbocycles. The van der Waals surface area contributed by atoms with E-state index in [1.165, 1.54) is 69.9 Å². The van der Waals surface area contributed by atoms with Crippen LogP contribution < -0.4 is 0 Å². The highest BCUT2D eigenvalue weighted by Gasteiger charge is 2.60. The topological polar surface area (TPSA) is 31.0 Å². The molecule has 164 valence electrons. The minimum absolute atomic E-state index is 0.531. The summed E-state index contributed by atoms with van der Waals surface area (Å²) in [5, 5.41) is 0. The van der Waals surface area contributed by atoms with Crippen molar-refractivity contribution >= 4 is 16.6 Å². The monoisotopic (exact) mass is 434 g/mol. The predicted octanol–water partition coefficient (Wildman–Crippen LogP) is 5.96. The molecule has 8 atom stereocenters. The summed E-state index contributed by atoms with van der Waals surface area (Å²) in [5.74, 6) is 3.64. The van der Waals surface area contributed by atoms with Gasteiger partial charge in [0.2, 0.25) is 0 Å². The largest absolute Gasteiger partial charge is 0.455 e. The molecule has 0 radical (unpaired) electrons. The lowest BCUT2D eigenvalue weighted by atomic mass is 9.67. The summed E-state index contributed by atoms with van der Waals surface area (Å²) in [5.41, 5.74) is 0.531. The highest BCUT2D eigenvalue weighted by molar-refractivity contribution is 6.84. The van der Waals surface area contributed by atoms with Gasteiger partial charge in [0.25, 0.3) is 0 Å². The Kier molecular flexibility index (Phi) is 4.58. The minimum Gasteiger partial charge on any atom is -0.455 e. The van der Waals surface area contributed by atoms with Gasteiger partial charge in [-0.2, -0.15) is 0 Å². The van der Waals surface area contributed by atoms with Gasteiger partial charge in [0.05, 0.1) is 24.4 Å². The summed E-state index contributed by atoms with van der Waals surface area (Å²) >= 11 is 0. The van der Waals surface area contributed by atoms with Gasteiger partial charge in [-0.05, 0) is 112 Å². The zero-order valence-electron chi connectivity index (χ0n) is 19.1. The molecule has 5 heteroatoms. The second-order valence-electron chi connectivity index (χ2n) is 13.1. The number of hydrogen-bond acceptors (Lipinski definition) is 3. The van der Waals surface area contributed by atoms with Crippen LogP contribution in [0, 0.1) is 29.1 Å². The fourth-order valence-corrected chi connectivity index (χ4v) is 17.5. The number of fused-ring (bicyclic) bond motifs is 5. The van der Waals surface area contributed by atoms with Crippen molar-refractivity contribution in [2.24, 2.45) is 29.1 Å². The van der Waals surface area contributed by atoms with Crippen molar-refractivity contribution in [3.63, 3.8) is 0 Å². The Morgan fingerprint density at radius 3 is 2.28 bits per heavy atom. The van der Waals surface area contributed by atoms with Gasteiger partial charge < -0.3 is 13.6 Å². The van der Waals surface area contributed by atoms with Gasteiger partial charge in [0.15, 0.2) is 16.6 Å². The normalized spacial score (nSPS) is 49.7. The standard InChI is InChI=1S/C24H42O3Si2/c1-28(2,9-6-16-11-18-13-19(12-16)23-22(18)26-23)27-29(3,4)10-8-24-7-5-17(15-24)20-14-21(24)25-20/h16-23H,5-15H2,1-4H3. The Balaban J connectivity index is 0.999. The molecule has 0 aromatic carbocycles. The van der Waals surface area contributed by atoms with Crippen LogP contribution in [0.5, 0.6) is 0 Å².